The summed E-state index contributed by atoms with van der Waals surface area (Å²) in [5.74, 6) is 0. The molecule has 0 fully saturated rings. The zero-order chi connectivity index (χ0) is 19.4. The molecule has 0 aromatic heterocycles. The summed E-state index contributed by atoms with van der Waals surface area (Å²) in [7, 11) is -0.862. The van der Waals surface area contributed by atoms with E-state index in [0.717, 1.165) is 0 Å². The molecule has 138 valence electrons. The Kier molecular flexibility index (Phi) is 9.29. The number of halogens is 1. The third kappa shape index (κ3) is 10.4. The van der Waals surface area contributed by atoms with Gasteiger partial charge in [0, 0.05) is 37.1 Å². The second kappa shape index (κ2) is 11.2. The summed E-state index contributed by atoms with van der Waals surface area (Å²) in [4.78, 5) is 2.09. The first-order chi connectivity index (χ1) is 12.3. The third-order valence-corrected chi connectivity index (χ3v) is 3.17. The van der Waals surface area contributed by atoms with E-state index in [-0.39, 0.29) is 0 Å². The zero-order valence-corrected chi connectivity index (χ0v) is 15.3. The summed E-state index contributed by atoms with van der Waals surface area (Å²) in [5.41, 5.74) is 2.35. The van der Waals surface area contributed by atoms with Gasteiger partial charge in [-0.15, -0.1) is 10.2 Å². The number of anilines is 1. The van der Waals surface area contributed by atoms with Crippen molar-refractivity contribution in [3.63, 3.8) is 0 Å². The van der Waals surface area contributed by atoms with Gasteiger partial charge >= 0.3 is 0 Å². The lowest BCUT2D eigenvalue weighted by molar-refractivity contribution is -2.00. The Bertz CT molecular complexity index is 720. The van der Waals surface area contributed by atoms with Gasteiger partial charge < -0.3 is 4.90 Å². The molecule has 0 saturated heterocycles. The fraction of sp³-hybridized carbons (Fsp3) is 0.105. The number of rotatable bonds is 5. The van der Waals surface area contributed by atoms with Crippen LogP contribution < -0.4 is 23.5 Å². The van der Waals surface area contributed by atoms with Gasteiger partial charge in [0.15, 0.2) is 6.21 Å². The van der Waals surface area contributed by atoms with E-state index in [1.54, 1.807) is 0 Å². The monoisotopic (exact) mass is 376 g/mol. The van der Waals surface area contributed by atoms with E-state index in [2.05, 4.69) is 33.7 Å². The highest BCUT2D eigenvalue weighted by Gasteiger charge is 1.97. The maximum atomic E-state index is 8.49. The van der Waals surface area contributed by atoms with Crippen LogP contribution >= 0.6 is 0 Å². The predicted octanol–water partition coefficient (Wildman–Crippen LogP) is -0.518. The van der Waals surface area contributed by atoms with Crippen molar-refractivity contribution in [1.29, 1.82) is 0 Å². The zero-order valence-electron chi connectivity index (χ0n) is 14.6. The van der Waals surface area contributed by atoms with E-state index in [1.165, 1.54) is 11.4 Å². The number of hydrogen-bond donors (Lipinski definition) is 0. The quantitative estimate of drug-likeness (QED) is 0.397. The maximum Gasteiger partial charge on any atom is 0.204 e. The number of hydrogen-bond acceptors (Lipinski definition) is 5. The van der Waals surface area contributed by atoms with Crippen molar-refractivity contribution in [2.24, 2.45) is 0 Å². The molecule has 0 spiro atoms. The lowest BCUT2D eigenvalue weighted by atomic mass is 10.3. The van der Waals surface area contributed by atoms with Crippen molar-refractivity contribution in [2.75, 3.05) is 19.0 Å². The standard InChI is InChI=1S/C19H21N2.ClHO4/c1-20(18-12-6-3-7-13-18)16-10-5-11-17-21(2)19-14-8-4-9-15-19;2-1(3,4)5/h3-17H,1-2H3;(H,2,3,4,5)/q+1;/p-1. The Labute approximate surface area is 155 Å². The van der Waals surface area contributed by atoms with Crippen molar-refractivity contribution in [3.05, 3.63) is 85.1 Å². The van der Waals surface area contributed by atoms with E-state index in [4.69, 9.17) is 18.6 Å². The highest BCUT2D eigenvalue weighted by Crippen LogP contribution is 2.11. The fourth-order valence-electron chi connectivity index (χ4n) is 1.92. The van der Waals surface area contributed by atoms with E-state index in [1.807, 2.05) is 81.1 Å². The molecule has 2 aromatic carbocycles. The van der Waals surface area contributed by atoms with Crippen LogP contribution in [-0.2, 0) is 0 Å². The molecule has 2 rings (SSSR count). The van der Waals surface area contributed by atoms with Crippen LogP contribution in [0.1, 0.15) is 0 Å². The summed E-state index contributed by atoms with van der Waals surface area (Å²) in [5, 5.41) is 0. The lowest BCUT2D eigenvalue weighted by Crippen LogP contribution is -2.68. The van der Waals surface area contributed by atoms with Gasteiger partial charge in [-0.2, -0.15) is 0 Å². The van der Waals surface area contributed by atoms with Crippen molar-refractivity contribution in [1.82, 2.24) is 0 Å². The average Bonchev–Trinajstić information content (AvgIpc) is 2.61. The van der Waals surface area contributed by atoms with Crippen LogP contribution in [0.2, 0.25) is 0 Å². The lowest BCUT2D eigenvalue weighted by Gasteiger charge is -2.17. The van der Waals surface area contributed by atoms with Gasteiger partial charge in [0.2, 0.25) is 5.69 Å². The molecule has 0 aliphatic rings. The highest BCUT2D eigenvalue weighted by atomic mass is 35.7. The summed E-state index contributed by atoms with van der Waals surface area (Å²) in [6, 6.07) is 20.6. The Morgan fingerprint density at radius 1 is 0.808 bits per heavy atom. The summed E-state index contributed by atoms with van der Waals surface area (Å²) in [6.45, 7) is 0. The van der Waals surface area contributed by atoms with E-state index in [0.29, 0.717) is 0 Å². The van der Waals surface area contributed by atoms with Crippen molar-refractivity contribution >= 4 is 17.6 Å². The highest BCUT2D eigenvalue weighted by molar-refractivity contribution is 5.68. The fourth-order valence-corrected chi connectivity index (χ4v) is 1.92. The molecule has 6 nitrogen and oxygen atoms in total. The number of nitrogens with zero attached hydrogens (tertiary/aromatic N) is 2. The second-order valence-corrected chi connectivity index (χ2v) is 5.90. The van der Waals surface area contributed by atoms with Gasteiger partial charge in [-0.05, 0) is 18.2 Å². The Morgan fingerprint density at radius 3 is 1.85 bits per heavy atom. The normalized spacial score (nSPS) is 12.2. The molecule has 0 N–H and O–H groups in total. The molecule has 26 heavy (non-hydrogen) atoms. The van der Waals surface area contributed by atoms with Crippen LogP contribution in [0.4, 0.5) is 11.4 Å². The minimum absolute atomic E-state index is 1.17. The Hall–Kier alpha value is -2.48. The smallest absolute Gasteiger partial charge is 0.204 e. The van der Waals surface area contributed by atoms with Gasteiger partial charge in [-0.3, -0.25) is 0 Å². The first kappa shape index (κ1) is 21.6. The van der Waals surface area contributed by atoms with Crippen molar-refractivity contribution in [3.8, 4) is 0 Å². The molecular weight excluding hydrogens is 356 g/mol. The Morgan fingerprint density at radius 2 is 1.31 bits per heavy atom. The number of allylic oxidation sites excluding steroid dienone is 3. The molecule has 0 aliphatic heterocycles. The van der Waals surface area contributed by atoms with E-state index in [9.17, 15) is 0 Å². The van der Waals surface area contributed by atoms with Gasteiger partial charge in [0.1, 0.15) is 7.05 Å². The summed E-state index contributed by atoms with van der Waals surface area (Å²) in [6.07, 6.45) is 10.2. The average molecular weight is 377 g/mol. The van der Waals surface area contributed by atoms with Crippen molar-refractivity contribution in [2.45, 2.75) is 0 Å². The van der Waals surface area contributed by atoms with E-state index >= 15 is 0 Å². The van der Waals surface area contributed by atoms with Crippen LogP contribution in [0, 0.1) is 10.2 Å². The van der Waals surface area contributed by atoms with Crippen LogP contribution in [0.25, 0.3) is 0 Å². The predicted molar refractivity (Wildman–Crippen MR) is 91.5 cm³/mol. The van der Waals surface area contributed by atoms with Crippen molar-refractivity contribution < 1.29 is 33.5 Å². The molecule has 0 aliphatic carbocycles. The van der Waals surface area contributed by atoms with Crippen LogP contribution in [-0.4, -0.2) is 24.9 Å². The molecule has 0 saturated carbocycles. The molecule has 0 atom stereocenters. The molecule has 0 radical (unpaired) electrons. The summed E-state index contributed by atoms with van der Waals surface area (Å²) < 4.78 is 36.1. The first-order valence-corrected chi connectivity index (χ1v) is 8.86. The molecule has 0 amide bonds. The van der Waals surface area contributed by atoms with Gasteiger partial charge in [-0.25, -0.2) is 23.2 Å². The topological polar surface area (TPSA) is 98.5 Å². The van der Waals surface area contributed by atoms with E-state index < -0.39 is 10.2 Å². The third-order valence-electron chi connectivity index (χ3n) is 3.17. The van der Waals surface area contributed by atoms with Crippen LogP contribution in [0.5, 0.6) is 0 Å². The largest absolute Gasteiger partial charge is 0.351 e. The van der Waals surface area contributed by atoms with Gasteiger partial charge in [-0.1, -0.05) is 42.5 Å². The Balaban J connectivity index is 0.000000597. The van der Waals surface area contributed by atoms with Crippen LogP contribution in [0.3, 0.4) is 0 Å². The molecule has 0 heterocycles. The van der Waals surface area contributed by atoms with Gasteiger partial charge in [0.25, 0.3) is 0 Å². The van der Waals surface area contributed by atoms with Crippen LogP contribution in [0.15, 0.2) is 85.1 Å². The molecule has 2 aromatic rings. The molecular formula is C19H21ClN2O4. The molecule has 7 heteroatoms. The minimum Gasteiger partial charge on any atom is -0.351 e. The summed E-state index contributed by atoms with van der Waals surface area (Å²) >= 11 is 0. The molecule has 0 unspecified atom stereocenters. The number of para-hydroxylation sites is 2. The minimum atomic E-state index is -4.94. The first-order valence-electron chi connectivity index (χ1n) is 7.63. The van der Waals surface area contributed by atoms with Gasteiger partial charge in [0.05, 0.1) is 0 Å². The second-order valence-electron chi connectivity index (χ2n) is 5.15. The number of benzene rings is 2. The maximum absolute atomic E-state index is 8.49. The SMILES string of the molecule is CN(/C=C/C=C/C=[N+](C)c1ccccc1)c1ccccc1.[O-][Cl+3]([O-])([O-])[O-]. The molecule has 0 bridgehead atoms.